The maximum atomic E-state index is 12.3. The van der Waals surface area contributed by atoms with Crippen LogP contribution in [0.25, 0.3) is 0 Å². The largest absolute Gasteiger partial charge is 0.490 e. The quantitative estimate of drug-likeness (QED) is 0.765. The summed E-state index contributed by atoms with van der Waals surface area (Å²) >= 11 is 0. The van der Waals surface area contributed by atoms with Crippen molar-refractivity contribution in [3.63, 3.8) is 0 Å². The maximum absolute atomic E-state index is 12.3. The van der Waals surface area contributed by atoms with Crippen LogP contribution in [0.4, 0.5) is 0 Å². The van der Waals surface area contributed by atoms with Gasteiger partial charge in [-0.05, 0) is 24.3 Å². The highest BCUT2D eigenvalue weighted by Gasteiger charge is 2.12. The number of aryl methyl sites for hydroxylation is 1. The number of nitrogens with zero attached hydrogens (tertiary/aromatic N) is 3. The van der Waals surface area contributed by atoms with Gasteiger partial charge in [0.15, 0.2) is 0 Å². The van der Waals surface area contributed by atoms with E-state index in [-0.39, 0.29) is 5.91 Å². The van der Waals surface area contributed by atoms with Gasteiger partial charge >= 0.3 is 0 Å². The van der Waals surface area contributed by atoms with E-state index in [1.54, 1.807) is 53.2 Å². The molecule has 0 saturated carbocycles. The number of hydrogen-bond acceptors (Lipinski definition) is 3. The molecule has 1 amide bonds. The Kier molecular flexibility index (Phi) is 4.77. The molecular formula is C16H19N3O2. The molecule has 0 spiro atoms. The fraction of sp³-hybridized carbons (Fsp3) is 0.250. The molecule has 5 nitrogen and oxygen atoms in total. The highest BCUT2D eigenvalue weighted by Crippen LogP contribution is 2.14. The van der Waals surface area contributed by atoms with Crippen molar-refractivity contribution < 1.29 is 9.53 Å². The van der Waals surface area contributed by atoms with Gasteiger partial charge in [-0.15, -0.1) is 0 Å². The van der Waals surface area contributed by atoms with Crippen LogP contribution in [0.2, 0.25) is 0 Å². The molecule has 5 heteroatoms. The fourth-order valence-electron chi connectivity index (χ4n) is 1.97. The summed E-state index contributed by atoms with van der Waals surface area (Å²) < 4.78 is 7.12. The Hall–Kier alpha value is -2.56. The van der Waals surface area contributed by atoms with Gasteiger partial charge < -0.3 is 9.64 Å². The van der Waals surface area contributed by atoms with Gasteiger partial charge in [-0.25, -0.2) is 0 Å². The molecule has 0 radical (unpaired) electrons. The predicted octanol–water partition coefficient (Wildman–Crippen LogP) is 2.26. The van der Waals surface area contributed by atoms with Gasteiger partial charge in [0.25, 0.3) is 5.91 Å². The highest BCUT2D eigenvalue weighted by molar-refractivity contribution is 5.94. The van der Waals surface area contributed by atoms with Gasteiger partial charge in [0.05, 0.1) is 6.20 Å². The van der Waals surface area contributed by atoms with Crippen LogP contribution in [0.5, 0.6) is 5.75 Å². The molecule has 0 aliphatic carbocycles. The van der Waals surface area contributed by atoms with Crippen LogP contribution < -0.4 is 4.74 Å². The molecule has 0 fully saturated rings. The Balaban J connectivity index is 1.99. The summed E-state index contributed by atoms with van der Waals surface area (Å²) in [4.78, 5) is 14.0. The summed E-state index contributed by atoms with van der Waals surface area (Å²) in [7, 11) is 3.63. The molecule has 110 valence electrons. The third-order valence-corrected chi connectivity index (χ3v) is 2.99. The van der Waals surface area contributed by atoms with E-state index in [1.165, 1.54) is 0 Å². The van der Waals surface area contributed by atoms with Crippen molar-refractivity contribution in [2.24, 2.45) is 7.05 Å². The minimum Gasteiger partial charge on any atom is -0.490 e. The summed E-state index contributed by atoms with van der Waals surface area (Å²) in [5.74, 6) is 0.690. The zero-order valence-electron chi connectivity index (χ0n) is 12.3. The zero-order valence-corrected chi connectivity index (χ0v) is 12.3. The van der Waals surface area contributed by atoms with Crippen LogP contribution in [0, 0.1) is 0 Å². The lowest BCUT2D eigenvalue weighted by atomic mass is 10.2. The second-order valence-corrected chi connectivity index (χ2v) is 4.81. The SMILES string of the molecule is C=CCOc1ccc(C(=O)N(C)Cc2cnn(C)c2)cc1. The average Bonchev–Trinajstić information content (AvgIpc) is 2.90. The molecule has 0 N–H and O–H groups in total. The van der Waals surface area contributed by atoms with Crippen LogP contribution in [0.3, 0.4) is 0 Å². The van der Waals surface area contributed by atoms with Crippen molar-refractivity contribution >= 4 is 5.91 Å². The van der Waals surface area contributed by atoms with Crippen molar-refractivity contribution in [2.45, 2.75) is 6.54 Å². The monoisotopic (exact) mass is 285 g/mol. The third-order valence-electron chi connectivity index (χ3n) is 2.99. The molecule has 0 unspecified atom stereocenters. The highest BCUT2D eigenvalue weighted by atomic mass is 16.5. The molecule has 21 heavy (non-hydrogen) atoms. The molecule has 0 saturated heterocycles. The van der Waals surface area contributed by atoms with Crippen LogP contribution in [-0.4, -0.2) is 34.2 Å². The van der Waals surface area contributed by atoms with Crippen LogP contribution in [-0.2, 0) is 13.6 Å². The first-order valence-corrected chi connectivity index (χ1v) is 6.67. The van der Waals surface area contributed by atoms with E-state index in [1.807, 2.05) is 13.2 Å². The Morgan fingerprint density at radius 3 is 2.71 bits per heavy atom. The number of hydrogen-bond donors (Lipinski definition) is 0. The smallest absolute Gasteiger partial charge is 0.253 e. The van der Waals surface area contributed by atoms with Gasteiger partial charge in [0.2, 0.25) is 0 Å². The number of benzene rings is 1. The van der Waals surface area contributed by atoms with Crippen LogP contribution in [0.15, 0.2) is 49.3 Å². The van der Waals surface area contributed by atoms with Crippen LogP contribution >= 0.6 is 0 Å². The summed E-state index contributed by atoms with van der Waals surface area (Å²) in [6, 6.07) is 7.10. The minimum absolute atomic E-state index is 0.0332. The lowest BCUT2D eigenvalue weighted by molar-refractivity contribution is 0.0785. The number of rotatable bonds is 6. The lowest BCUT2D eigenvalue weighted by Gasteiger charge is -2.16. The molecule has 0 aliphatic heterocycles. The first-order valence-electron chi connectivity index (χ1n) is 6.67. The molecule has 1 aromatic carbocycles. The molecule has 0 atom stereocenters. The van der Waals surface area contributed by atoms with Crippen molar-refractivity contribution in [2.75, 3.05) is 13.7 Å². The molecule has 1 aromatic heterocycles. The lowest BCUT2D eigenvalue weighted by Crippen LogP contribution is -2.25. The zero-order chi connectivity index (χ0) is 15.2. The van der Waals surface area contributed by atoms with E-state index in [4.69, 9.17) is 4.74 Å². The Morgan fingerprint density at radius 2 is 2.14 bits per heavy atom. The third kappa shape index (κ3) is 3.95. The Labute approximate surface area is 124 Å². The summed E-state index contributed by atoms with van der Waals surface area (Å²) in [6.45, 7) is 4.58. The Bertz CT molecular complexity index is 617. The van der Waals surface area contributed by atoms with Crippen molar-refractivity contribution in [1.82, 2.24) is 14.7 Å². The maximum Gasteiger partial charge on any atom is 0.253 e. The predicted molar refractivity (Wildman–Crippen MR) is 81.1 cm³/mol. The second-order valence-electron chi connectivity index (χ2n) is 4.81. The molecule has 1 heterocycles. The van der Waals surface area contributed by atoms with Crippen LogP contribution in [0.1, 0.15) is 15.9 Å². The molecule has 2 rings (SSSR count). The first kappa shape index (κ1) is 14.8. The molecular weight excluding hydrogens is 266 g/mol. The fourth-order valence-corrected chi connectivity index (χ4v) is 1.97. The first-order chi connectivity index (χ1) is 10.1. The van der Waals surface area contributed by atoms with E-state index in [9.17, 15) is 4.79 Å². The van der Waals surface area contributed by atoms with Crippen molar-refractivity contribution in [3.8, 4) is 5.75 Å². The van der Waals surface area contributed by atoms with Gasteiger partial charge in [0.1, 0.15) is 12.4 Å². The number of carbonyl (C=O) groups is 1. The van der Waals surface area contributed by atoms with Gasteiger partial charge in [0, 0.05) is 38.0 Å². The number of ether oxygens (including phenoxy) is 1. The van der Waals surface area contributed by atoms with Gasteiger partial charge in [-0.3, -0.25) is 9.48 Å². The van der Waals surface area contributed by atoms with E-state index in [2.05, 4.69) is 11.7 Å². The van der Waals surface area contributed by atoms with Gasteiger partial charge in [-0.2, -0.15) is 5.10 Å². The molecule has 0 bridgehead atoms. The van der Waals surface area contributed by atoms with Crippen molar-refractivity contribution in [1.29, 1.82) is 0 Å². The second kappa shape index (κ2) is 6.74. The van der Waals surface area contributed by atoms with E-state index in [0.717, 1.165) is 11.3 Å². The number of carbonyl (C=O) groups excluding carboxylic acids is 1. The standard InChI is InChI=1S/C16H19N3O2/c1-4-9-21-15-7-5-14(6-8-15)16(20)18(2)11-13-10-17-19(3)12-13/h4-8,10,12H,1,9,11H2,2-3H3. The van der Waals surface area contributed by atoms with E-state index in [0.29, 0.717) is 18.7 Å². The minimum atomic E-state index is -0.0332. The topological polar surface area (TPSA) is 47.4 Å². The number of aromatic nitrogens is 2. The molecule has 0 aliphatic rings. The number of amides is 1. The summed E-state index contributed by atoms with van der Waals surface area (Å²) in [5.41, 5.74) is 1.63. The summed E-state index contributed by atoms with van der Waals surface area (Å²) in [5, 5.41) is 4.10. The summed E-state index contributed by atoms with van der Waals surface area (Å²) in [6.07, 6.45) is 5.34. The van der Waals surface area contributed by atoms with Gasteiger partial charge in [-0.1, -0.05) is 12.7 Å². The normalized spacial score (nSPS) is 10.2. The van der Waals surface area contributed by atoms with E-state index >= 15 is 0 Å². The van der Waals surface area contributed by atoms with E-state index < -0.39 is 0 Å². The Morgan fingerprint density at radius 1 is 1.43 bits per heavy atom. The molecule has 2 aromatic rings. The van der Waals surface area contributed by atoms with Crippen molar-refractivity contribution in [3.05, 3.63) is 60.4 Å². The average molecular weight is 285 g/mol.